The maximum absolute atomic E-state index is 11.6. The number of rotatable bonds is 7. The number of hydrogen-bond acceptors (Lipinski definition) is 3. The highest BCUT2D eigenvalue weighted by Gasteiger charge is 2.21. The van der Waals surface area contributed by atoms with Crippen molar-refractivity contribution in [3.05, 3.63) is 0 Å². The van der Waals surface area contributed by atoms with Gasteiger partial charge in [-0.05, 0) is 19.8 Å². The van der Waals surface area contributed by atoms with Crippen LogP contribution < -0.4 is 0 Å². The van der Waals surface area contributed by atoms with E-state index in [1.807, 2.05) is 13.8 Å². The van der Waals surface area contributed by atoms with Crippen LogP contribution in [0.3, 0.4) is 0 Å². The first-order valence-electron chi connectivity index (χ1n) is 4.98. The predicted octanol–water partition coefficient (Wildman–Crippen LogP) is 0.911. The third kappa shape index (κ3) is 5.13. The van der Waals surface area contributed by atoms with Crippen molar-refractivity contribution in [2.24, 2.45) is 0 Å². The fourth-order valence-corrected chi connectivity index (χ4v) is 2.58. The molecule has 0 aromatic carbocycles. The molecular formula is C9H19NO4S. The van der Waals surface area contributed by atoms with E-state index in [2.05, 4.69) is 0 Å². The van der Waals surface area contributed by atoms with Gasteiger partial charge < -0.3 is 5.11 Å². The molecule has 0 aromatic rings. The minimum absolute atomic E-state index is 0.0418. The Balaban J connectivity index is 4.24. The third-order valence-corrected chi connectivity index (χ3v) is 4.49. The van der Waals surface area contributed by atoms with Crippen molar-refractivity contribution in [3.8, 4) is 0 Å². The Hall–Kier alpha value is -0.620. The van der Waals surface area contributed by atoms with Crippen LogP contribution in [0.4, 0.5) is 0 Å². The second-order valence-corrected chi connectivity index (χ2v) is 5.73. The molecule has 1 unspecified atom stereocenters. The van der Waals surface area contributed by atoms with Crippen molar-refractivity contribution in [2.75, 3.05) is 12.8 Å². The molecule has 0 fully saturated rings. The van der Waals surface area contributed by atoms with Crippen LogP contribution in [0.15, 0.2) is 0 Å². The van der Waals surface area contributed by atoms with Crippen LogP contribution in [-0.4, -0.2) is 42.6 Å². The van der Waals surface area contributed by atoms with E-state index < -0.39 is 16.0 Å². The number of carboxylic acids is 1. The second-order valence-electron chi connectivity index (χ2n) is 3.59. The van der Waals surface area contributed by atoms with Gasteiger partial charge in [-0.3, -0.25) is 4.79 Å². The number of aliphatic carboxylic acids is 1. The number of carbonyl (C=O) groups is 1. The number of hydrogen-bond donors (Lipinski definition) is 1. The molecule has 90 valence electrons. The maximum atomic E-state index is 11.6. The van der Waals surface area contributed by atoms with Crippen LogP contribution in [0.2, 0.25) is 0 Å². The standard InChI is InChI=1S/C9H19NO4S/c1-4-8(2)10(3)15(13,14)7-5-6-9(11)12/h8H,4-7H2,1-3H3,(H,11,12). The molecule has 0 amide bonds. The van der Waals surface area contributed by atoms with Gasteiger partial charge in [-0.1, -0.05) is 6.92 Å². The fraction of sp³-hybridized carbons (Fsp3) is 0.889. The molecule has 6 heteroatoms. The average Bonchev–Trinajstić information content (AvgIpc) is 2.14. The zero-order chi connectivity index (χ0) is 12.1. The van der Waals surface area contributed by atoms with Gasteiger partial charge >= 0.3 is 5.97 Å². The summed E-state index contributed by atoms with van der Waals surface area (Å²) >= 11 is 0. The van der Waals surface area contributed by atoms with Gasteiger partial charge in [-0.25, -0.2) is 12.7 Å². The lowest BCUT2D eigenvalue weighted by Crippen LogP contribution is -2.36. The van der Waals surface area contributed by atoms with Gasteiger partial charge in [0.1, 0.15) is 0 Å². The van der Waals surface area contributed by atoms with Gasteiger partial charge in [-0.15, -0.1) is 0 Å². The van der Waals surface area contributed by atoms with Gasteiger partial charge in [0.15, 0.2) is 0 Å². The zero-order valence-corrected chi connectivity index (χ0v) is 10.2. The van der Waals surface area contributed by atoms with Crippen molar-refractivity contribution >= 4 is 16.0 Å². The van der Waals surface area contributed by atoms with E-state index in [0.717, 1.165) is 6.42 Å². The van der Waals surface area contributed by atoms with Crippen molar-refractivity contribution in [1.29, 1.82) is 0 Å². The molecule has 0 radical (unpaired) electrons. The summed E-state index contributed by atoms with van der Waals surface area (Å²) in [6.07, 6.45) is 0.806. The highest BCUT2D eigenvalue weighted by atomic mass is 32.2. The predicted molar refractivity (Wildman–Crippen MR) is 58.2 cm³/mol. The van der Waals surface area contributed by atoms with Crippen molar-refractivity contribution < 1.29 is 18.3 Å². The average molecular weight is 237 g/mol. The molecule has 0 aliphatic carbocycles. The van der Waals surface area contributed by atoms with Crippen LogP contribution >= 0.6 is 0 Å². The summed E-state index contributed by atoms with van der Waals surface area (Å²) in [4.78, 5) is 10.2. The van der Waals surface area contributed by atoms with Crippen molar-refractivity contribution in [3.63, 3.8) is 0 Å². The molecule has 0 aliphatic rings. The molecule has 0 rings (SSSR count). The van der Waals surface area contributed by atoms with E-state index in [-0.39, 0.29) is 24.6 Å². The summed E-state index contributed by atoms with van der Waals surface area (Å²) < 4.78 is 24.6. The van der Waals surface area contributed by atoms with Crippen LogP contribution in [0, 0.1) is 0 Å². The molecule has 1 atom stereocenters. The van der Waals surface area contributed by atoms with E-state index in [1.165, 1.54) is 11.4 Å². The molecule has 0 aromatic heterocycles. The summed E-state index contributed by atoms with van der Waals surface area (Å²) in [6, 6.07) is -0.0418. The van der Waals surface area contributed by atoms with Crippen LogP contribution in [0.5, 0.6) is 0 Å². The van der Waals surface area contributed by atoms with E-state index in [9.17, 15) is 13.2 Å². The normalized spacial score (nSPS) is 14.1. The van der Waals surface area contributed by atoms with Gasteiger partial charge in [0.2, 0.25) is 10.0 Å². The smallest absolute Gasteiger partial charge is 0.303 e. The minimum Gasteiger partial charge on any atom is -0.481 e. The topological polar surface area (TPSA) is 74.7 Å². The van der Waals surface area contributed by atoms with Crippen LogP contribution in [-0.2, 0) is 14.8 Å². The highest BCUT2D eigenvalue weighted by molar-refractivity contribution is 7.89. The first-order chi connectivity index (χ1) is 6.81. The third-order valence-electron chi connectivity index (χ3n) is 2.44. The van der Waals surface area contributed by atoms with Crippen molar-refractivity contribution in [2.45, 2.75) is 39.2 Å². The summed E-state index contributed by atoms with van der Waals surface area (Å²) in [7, 11) is -1.77. The van der Waals surface area contributed by atoms with Crippen LogP contribution in [0.1, 0.15) is 33.1 Å². The van der Waals surface area contributed by atoms with Crippen molar-refractivity contribution in [1.82, 2.24) is 4.31 Å². The molecule has 0 heterocycles. The van der Waals surface area contributed by atoms with Gasteiger partial charge in [0.25, 0.3) is 0 Å². The Kier molecular flexibility index (Phi) is 5.82. The molecule has 1 N–H and O–H groups in total. The minimum atomic E-state index is -3.30. The number of nitrogens with zero attached hydrogens (tertiary/aromatic N) is 1. The fourth-order valence-electron chi connectivity index (χ4n) is 1.08. The van der Waals surface area contributed by atoms with Gasteiger partial charge in [-0.2, -0.15) is 0 Å². The van der Waals surface area contributed by atoms with Crippen LogP contribution in [0.25, 0.3) is 0 Å². The van der Waals surface area contributed by atoms with Gasteiger partial charge in [0.05, 0.1) is 5.75 Å². The summed E-state index contributed by atoms with van der Waals surface area (Å²) in [5, 5.41) is 8.40. The SMILES string of the molecule is CCC(C)N(C)S(=O)(=O)CCCC(=O)O. The summed E-state index contributed by atoms with van der Waals surface area (Å²) in [5.41, 5.74) is 0. The highest BCUT2D eigenvalue weighted by Crippen LogP contribution is 2.09. The van der Waals surface area contributed by atoms with E-state index in [4.69, 9.17) is 5.11 Å². The number of sulfonamides is 1. The van der Waals surface area contributed by atoms with Gasteiger partial charge in [0, 0.05) is 19.5 Å². The van der Waals surface area contributed by atoms with E-state index in [1.54, 1.807) is 0 Å². The Labute approximate surface area is 91.1 Å². The molecular weight excluding hydrogens is 218 g/mol. The molecule has 0 bridgehead atoms. The molecule has 0 aliphatic heterocycles. The number of carboxylic acid groups (broad SMARTS) is 1. The summed E-state index contributed by atoms with van der Waals surface area (Å²) in [6.45, 7) is 3.74. The molecule has 5 nitrogen and oxygen atoms in total. The summed E-state index contributed by atoms with van der Waals surface area (Å²) in [5.74, 6) is -1.06. The second kappa shape index (κ2) is 6.07. The quantitative estimate of drug-likeness (QED) is 0.714. The Morgan fingerprint density at radius 1 is 1.47 bits per heavy atom. The molecule has 0 saturated carbocycles. The first kappa shape index (κ1) is 14.4. The largest absolute Gasteiger partial charge is 0.481 e. The molecule has 15 heavy (non-hydrogen) atoms. The monoisotopic (exact) mass is 237 g/mol. The molecule has 0 saturated heterocycles. The Bertz CT molecular complexity index is 299. The lowest BCUT2D eigenvalue weighted by atomic mass is 10.3. The van der Waals surface area contributed by atoms with E-state index >= 15 is 0 Å². The lowest BCUT2D eigenvalue weighted by Gasteiger charge is -2.22. The van der Waals surface area contributed by atoms with E-state index in [0.29, 0.717) is 0 Å². The first-order valence-corrected chi connectivity index (χ1v) is 6.59. The molecule has 0 spiro atoms. The Morgan fingerprint density at radius 2 is 2.00 bits per heavy atom. The zero-order valence-electron chi connectivity index (χ0n) is 9.43. The Morgan fingerprint density at radius 3 is 2.40 bits per heavy atom. The lowest BCUT2D eigenvalue weighted by molar-refractivity contribution is -0.137. The maximum Gasteiger partial charge on any atom is 0.303 e.